The van der Waals surface area contributed by atoms with Crippen molar-refractivity contribution in [3.8, 4) is 0 Å². The molecule has 0 saturated carbocycles. The smallest absolute Gasteiger partial charge is 0.251 e. The van der Waals surface area contributed by atoms with Gasteiger partial charge in [0.2, 0.25) is 0 Å². The molecule has 4 nitrogen and oxygen atoms in total. The van der Waals surface area contributed by atoms with E-state index in [0.717, 1.165) is 49.9 Å². The third-order valence-corrected chi connectivity index (χ3v) is 7.69. The zero-order valence-corrected chi connectivity index (χ0v) is 20.0. The van der Waals surface area contributed by atoms with E-state index in [9.17, 15) is 17.6 Å². The van der Waals surface area contributed by atoms with Crippen molar-refractivity contribution < 1.29 is 17.6 Å². The van der Waals surface area contributed by atoms with Crippen LogP contribution in [0.5, 0.6) is 0 Å². The zero-order chi connectivity index (χ0) is 24.6. The minimum Gasteiger partial charge on any atom is -0.370 e. The number of H-pyrrole nitrogens is 1. The zero-order valence-electron chi connectivity index (χ0n) is 20.0. The van der Waals surface area contributed by atoms with Crippen molar-refractivity contribution >= 4 is 16.6 Å². The van der Waals surface area contributed by atoms with Gasteiger partial charge in [0.15, 0.2) is 0 Å². The molecule has 3 aromatic rings. The van der Waals surface area contributed by atoms with Crippen LogP contribution in [0.25, 0.3) is 10.9 Å². The second-order valence-electron chi connectivity index (χ2n) is 10.2. The summed E-state index contributed by atoms with van der Waals surface area (Å²) in [6.45, 7) is 6.45. The van der Waals surface area contributed by atoms with E-state index >= 15 is 0 Å². The van der Waals surface area contributed by atoms with Crippen molar-refractivity contribution in [3.63, 3.8) is 0 Å². The highest BCUT2D eigenvalue weighted by molar-refractivity contribution is 5.84. The maximum Gasteiger partial charge on any atom is 0.251 e. The van der Waals surface area contributed by atoms with Gasteiger partial charge in [0.25, 0.3) is 6.43 Å². The van der Waals surface area contributed by atoms with Crippen LogP contribution in [0.3, 0.4) is 0 Å². The van der Waals surface area contributed by atoms with Crippen LogP contribution in [0.4, 0.5) is 23.2 Å². The number of aromatic amines is 1. The summed E-state index contributed by atoms with van der Waals surface area (Å²) < 4.78 is 51.3. The van der Waals surface area contributed by atoms with Gasteiger partial charge in [-0.3, -0.25) is 4.90 Å². The van der Waals surface area contributed by atoms with Crippen LogP contribution >= 0.6 is 0 Å². The van der Waals surface area contributed by atoms with Crippen LogP contribution < -0.4 is 10.2 Å². The molecule has 2 fully saturated rings. The minimum atomic E-state index is -2.27. The molecule has 8 heteroatoms. The largest absolute Gasteiger partial charge is 0.370 e. The first-order valence-electron chi connectivity index (χ1n) is 12.3. The van der Waals surface area contributed by atoms with Gasteiger partial charge in [0.05, 0.1) is 6.54 Å². The lowest BCUT2D eigenvalue weighted by Gasteiger charge is -2.53. The molecular formula is C27H32F4N4. The van der Waals surface area contributed by atoms with Crippen LogP contribution in [0.1, 0.15) is 31.0 Å². The molecule has 2 aromatic carbocycles. The van der Waals surface area contributed by atoms with E-state index in [1.54, 1.807) is 0 Å². The first kappa shape index (κ1) is 24.1. The fraction of sp³-hybridized carbons (Fsp3) is 0.481. The summed E-state index contributed by atoms with van der Waals surface area (Å²) in [5, 5.41) is 4.57. The Morgan fingerprint density at radius 1 is 1.03 bits per heavy atom. The number of para-hydroxylation sites is 1. The van der Waals surface area contributed by atoms with Gasteiger partial charge >= 0.3 is 0 Å². The maximum atomic E-state index is 13.1. The number of alkyl halides is 2. The standard InChI is InChI=1S/C14H16F2N2.C13H16F2N2/c1-9-6-11-10-4-2-3-5-12(10)17-13(11)7-18(9)8-14(15)16;14-10-5-11(15)7-12(6-10)17-8-13(9-17)1-3-16-4-2-13/h2-5,9,14,17H,6-8H2,1H3;5-7,16H,1-4,8-9H2. The predicted octanol–water partition coefficient (Wildman–Crippen LogP) is 5.33. The molecular weight excluding hydrogens is 456 g/mol. The van der Waals surface area contributed by atoms with Gasteiger partial charge in [-0.05, 0) is 63.0 Å². The Hall–Kier alpha value is -2.58. The number of nitrogens with zero attached hydrogens (tertiary/aromatic N) is 2. The molecule has 0 amide bonds. The normalized spacial score (nSPS) is 21.5. The maximum absolute atomic E-state index is 13.1. The van der Waals surface area contributed by atoms with Crippen molar-refractivity contribution in [3.05, 3.63) is 65.4 Å². The molecule has 0 aliphatic carbocycles. The van der Waals surface area contributed by atoms with Gasteiger partial charge in [-0.15, -0.1) is 0 Å². The molecule has 2 saturated heterocycles. The second-order valence-corrected chi connectivity index (χ2v) is 10.2. The number of hydrogen-bond acceptors (Lipinski definition) is 3. The number of hydrogen-bond donors (Lipinski definition) is 2. The molecule has 3 aliphatic rings. The summed E-state index contributed by atoms with van der Waals surface area (Å²) in [7, 11) is 0. The quantitative estimate of drug-likeness (QED) is 0.489. The molecule has 2 N–H and O–H groups in total. The fourth-order valence-corrected chi connectivity index (χ4v) is 5.77. The topological polar surface area (TPSA) is 34.3 Å². The van der Waals surface area contributed by atoms with Gasteiger partial charge in [-0.25, -0.2) is 17.6 Å². The first-order valence-corrected chi connectivity index (χ1v) is 12.3. The molecule has 35 heavy (non-hydrogen) atoms. The molecule has 188 valence electrons. The van der Waals surface area contributed by atoms with Gasteiger partial charge in [-0.1, -0.05) is 18.2 Å². The molecule has 3 aliphatic heterocycles. The Labute approximate surface area is 203 Å². The summed E-state index contributed by atoms with van der Waals surface area (Å²) >= 11 is 0. The fourth-order valence-electron chi connectivity index (χ4n) is 5.77. The number of rotatable bonds is 3. The average Bonchev–Trinajstić information content (AvgIpc) is 3.15. The number of fused-ring (bicyclic) bond motifs is 3. The Kier molecular flexibility index (Phi) is 6.77. The predicted molar refractivity (Wildman–Crippen MR) is 131 cm³/mol. The molecule has 0 radical (unpaired) electrons. The third kappa shape index (κ3) is 5.19. The van der Waals surface area contributed by atoms with Crippen LogP contribution in [-0.4, -0.2) is 55.1 Å². The van der Waals surface area contributed by atoms with E-state index < -0.39 is 18.1 Å². The number of nitrogens with one attached hydrogen (secondary N) is 2. The van der Waals surface area contributed by atoms with E-state index in [2.05, 4.69) is 21.3 Å². The van der Waals surface area contributed by atoms with Crippen molar-refractivity contribution in [1.82, 2.24) is 15.2 Å². The third-order valence-electron chi connectivity index (χ3n) is 7.69. The molecule has 1 atom stereocenters. The van der Waals surface area contributed by atoms with Crippen LogP contribution in [0, 0.1) is 17.0 Å². The van der Waals surface area contributed by atoms with E-state index in [4.69, 9.17) is 0 Å². The lowest BCUT2D eigenvalue weighted by Crippen LogP contribution is -2.60. The summed E-state index contributed by atoms with van der Waals surface area (Å²) in [6, 6.07) is 12.1. The van der Waals surface area contributed by atoms with Crippen LogP contribution in [0.2, 0.25) is 0 Å². The van der Waals surface area contributed by atoms with Crippen LogP contribution in [-0.2, 0) is 13.0 Å². The Balaban J connectivity index is 0.000000145. The SMILES string of the molecule is CC1Cc2c([nH]c3ccccc23)CN1CC(F)F.Fc1cc(F)cc(N2CC3(CCNCC3)C2)c1. The number of anilines is 1. The number of halogens is 4. The molecule has 1 aromatic heterocycles. The molecule has 1 unspecified atom stereocenters. The average molecular weight is 489 g/mol. The van der Waals surface area contributed by atoms with Gasteiger partial charge in [0, 0.05) is 59.4 Å². The number of benzene rings is 2. The highest BCUT2D eigenvalue weighted by Crippen LogP contribution is 2.41. The lowest BCUT2D eigenvalue weighted by atomic mass is 9.72. The van der Waals surface area contributed by atoms with Crippen LogP contribution in [0.15, 0.2) is 42.5 Å². The summed E-state index contributed by atoms with van der Waals surface area (Å²) in [5.74, 6) is -0.988. The number of aromatic nitrogens is 1. The van der Waals surface area contributed by atoms with Crippen molar-refractivity contribution in [2.45, 2.75) is 45.2 Å². The van der Waals surface area contributed by atoms with E-state index in [-0.39, 0.29) is 12.6 Å². The molecule has 4 heterocycles. The monoisotopic (exact) mass is 488 g/mol. The Bertz CT molecular complexity index is 1140. The van der Waals surface area contributed by atoms with E-state index in [1.165, 1.54) is 35.9 Å². The Morgan fingerprint density at radius 3 is 2.40 bits per heavy atom. The highest BCUT2D eigenvalue weighted by Gasteiger charge is 2.43. The molecule has 0 bridgehead atoms. The van der Waals surface area contributed by atoms with Gasteiger partial charge < -0.3 is 15.2 Å². The summed E-state index contributed by atoms with van der Waals surface area (Å²) in [5.41, 5.74) is 4.55. The Morgan fingerprint density at radius 2 is 1.71 bits per heavy atom. The second kappa shape index (κ2) is 9.82. The van der Waals surface area contributed by atoms with Gasteiger partial charge in [0.1, 0.15) is 11.6 Å². The number of piperidine rings is 1. The molecule has 1 spiro atoms. The van der Waals surface area contributed by atoms with Gasteiger partial charge in [-0.2, -0.15) is 0 Å². The summed E-state index contributed by atoms with van der Waals surface area (Å²) in [6.07, 6.45) is 0.910. The van der Waals surface area contributed by atoms with E-state index in [1.807, 2.05) is 30.0 Å². The highest BCUT2D eigenvalue weighted by atomic mass is 19.3. The molecule has 6 rings (SSSR count). The lowest BCUT2D eigenvalue weighted by molar-refractivity contribution is 0.0597. The van der Waals surface area contributed by atoms with Crippen molar-refractivity contribution in [1.29, 1.82) is 0 Å². The first-order chi connectivity index (χ1) is 16.8. The summed E-state index contributed by atoms with van der Waals surface area (Å²) in [4.78, 5) is 7.27. The minimum absolute atomic E-state index is 0.143. The van der Waals surface area contributed by atoms with Crippen molar-refractivity contribution in [2.24, 2.45) is 5.41 Å². The van der Waals surface area contributed by atoms with Crippen molar-refractivity contribution in [2.75, 3.05) is 37.6 Å². The van der Waals surface area contributed by atoms with E-state index in [0.29, 0.717) is 17.6 Å².